The number of carbonyl (C=O) groups excluding carboxylic acids is 1. The smallest absolute Gasteiger partial charge is 0.319 e. The molecular formula is C17H18N6O. The highest BCUT2D eigenvalue weighted by Crippen LogP contribution is 2.14. The van der Waals surface area contributed by atoms with Crippen LogP contribution in [0.2, 0.25) is 0 Å². The number of tetrazole rings is 1. The molecule has 0 radical (unpaired) electrons. The van der Waals surface area contributed by atoms with Crippen LogP contribution in [-0.2, 0) is 6.54 Å². The summed E-state index contributed by atoms with van der Waals surface area (Å²) in [6.45, 7) is 4.26. The Bertz CT molecular complexity index is 843. The predicted octanol–water partition coefficient (Wildman–Crippen LogP) is 2.60. The maximum Gasteiger partial charge on any atom is 0.319 e. The molecule has 0 bridgehead atoms. The Hall–Kier alpha value is -3.22. The summed E-state index contributed by atoms with van der Waals surface area (Å²) in [6, 6.07) is 15.0. The minimum absolute atomic E-state index is 0.221. The van der Waals surface area contributed by atoms with Crippen LogP contribution >= 0.6 is 0 Å². The fraction of sp³-hybridized carbons (Fsp3) is 0.176. The summed E-state index contributed by atoms with van der Waals surface area (Å²) in [5, 5.41) is 17.2. The van der Waals surface area contributed by atoms with Gasteiger partial charge in [0.2, 0.25) is 0 Å². The largest absolute Gasteiger partial charge is 0.330 e. The van der Waals surface area contributed by atoms with Crippen LogP contribution in [0, 0.1) is 13.8 Å². The molecule has 0 atom stereocenters. The number of para-hydroxylation sites is 1. The van der Waals surface area contributed by atoms with Crippen molar-refractivity contribution in [3.8, 4) is 5.69 Å². The molecule has 3 rings (SSSR count). The predicted molar refractivity (Wildman–Crippen MR) is 90.9 cm³/mol. The number of aromatic nitrogens is 4. The second-order valence-corrected chi connectivity index (χ2v) is 5.45. The van der Waals surface area contributed by atoms with Gasteiger partial charge in [-0.2, -0.15) is 4.68 Å². The van der Waals surface area contributed by atoms with Gasteiger partial charge >= 0.3 is 6.03 Å². The fourth-order valence-corrected chi connectivity index (χ4v) is 2.24. The van der Waals surface area contributed by atoms with Crippen LogP contribution in [0.15, 0.2) is 48.5 Å². The second kappa shape index (κ2) is 6.91. The van der Waals surface area contributed by atoms with Crippen LogP contribution in [0.5, 0.6) is 0 Å². The summed E-state index contributed by atoms with van der Waals surface area (Å²) in [5.74, 6) is 0.552. The van der Waals surface area contributed by atoms with Gasteiger partial charge < -0.3 is 10.6 Å². The minimum Gasteiger partial charge on any atom is -0.330 e. The van der Waals surface area contributed by atoms with E-state index < -0.39 is 0 Å². The molecule has 7 nitrogen and oxygen atoms in total. The van der Waals surface area contributed by atoms with Gasteiger partial charge in [-0.15, -0.1) is 5.10 Å². The molecule has 1 aromatic heterocycles. The lowest BCUT2D eigenvalue weighted by molar-refractivity contribution is 0.251. The molecule has 0 aliphatic heterocycles. The number of hydrogen-bond acceptors (Lipinski definition) is 4. The van der Waals surface area contributed by atoms with Gasteiger partial charge in [-0.1, -0.05) is 24.3 Å². The van der Waals surface area contributed by atoms with Crippen molar-refractivity contribution in [3.05, 3.63) is 65.5 Å². The highest BCUT2D eigenvalue weighted by Gasteiger charge is 2.10. The quantitative estimate of drug-likeness (QED) is 0.773. The van der Waals surface area contributed by atoms with Gasteiger partial charge in [-0.25, -0.2) is 4.79 Å². The number of anilines is 1. The fourth-order valence-electron chi connectivity index (χ4n) is 2.24. The van der Waals surface area contributed by atoms with Crippen molar-refractivity contribution in [2.75, 3.05) is 5.32 Å². The van der Waals surface area contributed by atoms with Crippen molar-refractivity contribution in [1.82, 2.24) is 25.5 Å². The van der Waals surface area contributed by atoms with Gasteiger partial charge in [0.25, 0.3) is 0 Å². The number of hydrogen-bond donors (Lipinski definition) is 2. The molecule has 0 aliphatic carbocycles. The van der Waals surface area contributed by atoms with Gasteiger partial charge in [0, 0.05) is 5.69 Å². The number of nitrogens with zero attached hydrogens (tertiary/aromatic N) is 4. The molecule has 2 N–H and O–H groups in total. The summed E-state index contributed by atoms with van der Waals surface area (Å²) in [5.41, 5.74) is 3.90. The molecule has 1 heterocycles. The highest BCUT2D eigenvalue weighted by molar-refractivity contribution is 5.89. The third kappa shape index (κ3) is 3.57. The maximum atomic E-state index is 12.1. The average Bonchev–Trinajstić information content (AvgIpc) is 3.06. The number of carbonyl (C=O) groups is 1. The van der Waals surface area contributed by atoms with Crippen molar-refractivity contribution in [2.45, 2.75) is 20.4 Å². The number of urea groups is 1. The van der Waals surface area contributed by atoms with E-state index in [1.807, 2.05) is 62.4 Å². The number of rotatable bonds is 4. The summed E-state index contributed by atoms with van der Waals surface area (Å²) < 4.78 is 1.59. The summed E-state index contributed by atoms with van der Waals surface area (Å²) in [4.78, 5) is 12.1. The molecule has 0 aliphatic rings. The Morgan fingerprint density at radius 2 is 1.88 bits per heavy atom. The standard InChI is InChI=1S/C17H18N6O/c1-12-8-9-14(10-13(12)2)19-17(24)18-11-16-20-21-22-23(16)15-6-4-3-5-7-15/h3-10H,11H2,1-2H3,(H2,18,19,24). The molecular weight excluding hydrogens is 304 g/mol. The minimum atomic E-state index is -0.305. The van der Waals surface area contributed by atoms with Crippen molar-refractivity contribution in [3.63, 3.8) is 0 Å². The van der Waals surface area contributed by atoms with Gasteiger partial charge in [-0.3, -0.25) is 0 Å². The van der Waals surface area contributed by atoms with Gasteiger partial charge in [-0.05, 0) is 59.7 Å². The zero-order valence-electron chi connectivity index (χ0n) is 13.5. The number of benzene rings is 2. The maximum absolute atomic E-state index is 12.1. The first-order chi connectivity index (χ1) is 11.6. The SMILES string of the molecule is Cc1ccc(NC(=O)NCc2nnnn2-c2ccccc2)cc1C. The van der Waals surface area contributed by atoms with E-state index >= 15 is 0 Å². The third-order valence-corrected chi connectivity index (χ3v) is 3.71. The number of nitrogens with one attached hydrogen (secondary N) is 2. The molecule has 0 spiro atoms. The van der Waals surface area contributed by atoms with E-state index in [1.165, 1.54) is 5.56 Å². The zero-order valence-corrected chi connectivity index (χ0v) is 13.5. The lowest BCUT2D eigenvalue weighted by Gasteiger charge is -2.09. The number of aryl methyl sites for hydroxylation is 2. The Morgan fingerprint density at radius 3 is 2.62 bits per heavy atom. The zero-order chi connectivity index (χ0) is 16.9. The van der Waals surface area contributed by atoms with E-state index in [4.69, 9.17) is 0 Å². The Balaban J connectivity index is 1.63. The van der Waals surface area contributed by atoms with Crippen molar-refractivity contribution < 1.29 is 4.79 Å². The van der Waals surface area contributed by atoms with Crippen LogP contribution in [0.4, 0.5) is 10.5 Å². The first-order valence-corrected chi connectivity index (χ1v) is 7.58. The lowest BCUT2D eigenvalue weighted by Crippen LogP contribution is -2.29. The Labute approximate surface area is 139 Å². The highest BCUT2D eigenvalue weighted by atomic mass is 16.2. The van der Waals surface area contributed by atoms with E-state index in [0.29, 0.717) is 5.82 Å². The normalized spacial score (nSPS) is 10.4. The molecule has 0 saturated heterocycles. The van der Waals surface area contributed by atoms with Crippen molar-refractivity contribution in [1.29, 1.82) is 0 Å². The average molecular weight is 322 g/mol. The topological polar surface area (TPSA) is 84.7 Å². The molecule has 24 heavy (non-hydrogen) atoms. The van der Waals surface area contributed by atoms with Crippen molar-refractivity contribution in [2.24, 2.45) is 0 Å². The van der Waals surface area contributed by atoms with E-state index in [-0.39, 0.29) is 12.6 Å². The summed E-state index contributed by atoms with van der Waals surface area (Å²) in [6.07, 6.45) is 0. The Morgan fingerprint density at radius 1 is 1.08 bits per heavy atom. The number of amides is 2. The molecule has 2 amide bonds. The first-order valence-electron chi connectivity index (χ1n) is 7.58. The van der Waals surface area contributed by atoms with Crippen LogP contribution in [0.1, 0.15) is 17.0 Å². The molecule has 0 unspecified atom stereocenters. The molecule has 3 aromatic rings. The first kappa shape index (κ1) is 15.7. The van der Waals surface area contributed by atoms with Crippen LogP contribution < -0.4 is 10.6 Å². The summed E-state index contributed by atoms with van der Waals surface area (Å²) in [7, 11) is 0. The van der Waals surface area contributed by atoms with Gasteiger partial charge in [0.1, 0.15) is 0 Å². The second-order valence-electron chi connectivity index (χ2n) is 5.45. The van der Waals surface area contributed by atoms with E-state index in [1.54, 1.807) is 4.68 Å². The molecule has 7 heteroatoms. The molecule has 0 fully saturated rings. The molecule has 122 valence electrons. The third-order valence-electron chi connectivity index (χ3n) is 3.71. The van der Waals surface area contributed by atoms with Crippen LogP contribution in [-0.4, -0.2) is 26.2 Å². The Kier molecular flexibility index (Phi) is 4.51. The van der Waals surface area contributed by atoms with E-state index in [0.717, 1.165) is 16.9 Å². The van der Waals surface area contributed by atoms with Crippen LogP contribution in [0.25, 0.3) is 5.69 Å². The van der Waals surface area contributed by atoms with E-state index in [2.05, 4.69) is 26.2 Å². The monoisotopic (exact) mass is 322 g/mol. The van der Waals surface area contributed by atoms with Gasteiger partial charge in [0.05, 0.1) is 12.2 Å². The lowest BCUT2D eigenvalue weighted by atomic mass is 10.1. The van der Waals surface area contributed by atoms with Gasteiger partial charge in [0.15, 0.2) is 5.82 Å². The molecule has 0 saturated carbocycles. The summed E-state index contributed by atoms with van der Waals surface area (Å²) >= 11 is 0. The van der Waals surface area contributed by atoms with Crippen LogP contribution in [0.3, 0.4) is 0 Å². The van der Waals surface area contributed by atoms with Crippen molar-refractivity contribution >= 4 is 11.7 Å². The van der Waals surface area contributed by atoms with E-state index in [9.17, 15) is 4.79 Å². The molecule has 2 aromatic carbocycles.